The Kier molecular flexibility index (Phi) is 10.8. The summed E-state index contributed by atoms with van der Waals surface area (Å²) in [4.78, 5) is 49.8. The molecular formula is C17H27N9O5. The van der Waals surface area contributed by atoms with Crippen LogP contribution in [0.5, 0.6) is 0 Å². The molecule has 0 aliphatic carbocycles. The summed E-state index contributed by atoms with van der Waals surface area (Å²) < 4.78 is 0. The lowest BCUT2D eigenvalue weighted by Gasteiger charge is -2.13. The SMILES string of the molecule is NC(Cc1cnc[nH]1)C(=O)O.NC(N)=NCCCC(=O)N[C@@H](Cc1cnc[nH]1)C(=O)O. The average Bonchev–Trinajstić information content (AvgIpc) is 3.39. The first-order valence-electron chi connectivity index (χ1n) is 9.19. The van der Waals surface area contributed by atoms with Crippen LogP contribution in [0.25, 0.3) is 0 Å². The Morgan fingerprint density at radius 1 is 1.03 bits per heavy atom. The minimum atomic E-state index is -1.10. The van der Waals surface area contributed by atoms with Gasteiger partial charge in [0.05, 0.1) is 12.7 Å². The summed E-state index contributed by atoms with van der Waals surface area (Å²) in [6, 6.07) is -1.85. The van der Waals surface area contributed by atoms with Crippen molar-refractivity contribution in [3.05, 3.63) is 36.4 Å². The van der Waals surface area contributed by atoms with Gasteiger partial charge in [-0.3, -0.25) is 14.6 Å². The number of carboxylic acid groups (broad SMARTS) is 2. The van der Waals surface area contributed by atoms with E-state index in [1.54, 1.807) is 6.20 Å². The molecule has 0 aromatic carbocycles. The quantitative estimate of drug-likeness (QED) is 0.108. The Hall–Kier alpha value is -3.94. The number of nitrogens with one attached hydrogen (secondary N) is 3. The number of hydrogen-bond donors (Lipinski definition) is 8. The van der Waals surface area contributed by atoms with Gasteiger partial charge in [-0.25, -0.2) is 14.8 Å². The minimum absolute atomic E-state index is 0.0342. The van der Waals surface area contributed by atoms with E-state index in [0.29, 0.717) is 18.7 Å². The normalized spacial score (nSPS) is 12.0. The third-order valence-electron chi connectivity index (χ3n) is 3.78. The molecule has 0 saturated carbocycles. The molecule has 0 saturated heterocycles. The molecule has 2 heterocycles. The van der Waals surface area contributed by atoms with Gasteiger partial charge >= 0.3 is 11.9 Å². The summed E-state index contributed by atoms with van der Waals surface area (Å²) in [6.07, 6.45) is 7.05. The van der Waals surface area contributed by atoms with Crippen molar-refractivity contribution < 1.29 is 24.6 Å². The van der Waals surface area contributed by atoms with E-state index in [1.165, 1.54) is 18.9 Å². The molecule has 1 unspecified atom stereocenters. The smallest absolute Gasteiger partial charge is 0.326 e. The molecule has 11 N–H and O–H groups in total. The summed E-state index contributed by atoms with van der Waals surface area (Å²) in [7, 11) is 0. The number of imidazole rings is 2. The molecule has 2 rings (SSSR count). The topological polar surface area (TPSA) is 251 Å². The van der Waals surface area contributed by atoms with E-state index in [-0.39, 0.29) is 31.1 Å². The van der Waals surface area contributed by atoms with Gasteiger partial charge in [-0.05, 0) is 6.42 Å². The predicted molar refractivity (Wildman–Crippen MR) is 110 cm³/mol. The molecule has 14 nitrogen and oxygen atoms in total. The largest absolute Gasteiger partial charge is 0.480 e. The molecule has 2 aromatic heterocycles. The van der Waals surface area contributed by atoms with Crippen LogP contribution in [0.3, 0.4) is 0 Å². The van der Waals surface area contributed by atoms with Crippen LogP contribution in [0.2, 0.25) is 0 Å². The maximum Gasteiger partial charge on any atom is 0.326 e. The Balaban J connectivity index is 0.000000367. The number of nitrogens with zero attached hydrogens (tertiary/aromatic N) is 3. The van der Waals surface area contributed by atoms with Gasteiger partial charge in [0.15, 0.2) is 5.96 Å². The second kappa shape index (κ2) is 13.3. The molecule has 0 spiro atoms. The van der Waals surface area contributed by atoms with Crippen LogP contribution in [-0.4, -0.2) is 72.6 Å². The Morgan fingerprint density at radius 3 is 2.06 bits per heavy atom. The second-order valence-corrected chi connectivity index (χ2v) is 6.38. The minimum Gasteiger partial charge on any atom is -0.480 e. The zero-order chi connectivity index (χ0) is 23.2. The number of hydrogen-bond acceptors (Lipinski definition) is 7. The van der Waals surface area contributed by atoms with Crippen molar-refractivity contribution in [3.8, 4) is 0 Å². The van der Waals surface area contributed by atoms with E-state index in [4.69, 9.17) is 27.4 Å². The number of guanidine groups is 1. The van der Waals surface area contributed by atoms with Gasteiger partial charge in [0.25, 0.3) is 0 Å². The highest BCUT2D eigenvalue weighted by Crippen LogP contribution is 2.00. The van der Waals surface area contributed by atoms with Gasteiger partial charge in [-0.1, -0.05) is 0 Å². The van der Waals surface area contributed by atoms with Gasteiger partial charge in [0.1, 0.15) is 12.1 Å². The number of rotatable bonds is 11. The summed E-state index contributed by atoms with van der Waals surface area (Å²) in [5.74, 6) is -2.49. The number of amides is 1. The Labute approximate surface area is 177 Å². The van der Waals surface area contributed by atoms with Crippen molar-refractivity contribution >= 4 is 23.8 Å². The van der Waals surface area contributed by atoms with E-state index in [1.807, 2.05) is 0 Å². The highest BCUT2D eigenvalue weighted by Gasteiger charge is 2.20. The molecule has 0 aliphatic rings. The van der Waals surface area contributed by atoms with Crippen molar-refractivity contribution in [2.75, 3.05) is 6.54 Å². The molecule has 14 heteroatoms. The molecule has 0 fully saturated rings. The van der Waals surface area contributed by atoms with Crippen LogP contribution in [0, 0.1) is 0 Å². The summed E-state index contributed by atoms with van der Waals surface area (Å²) in [6.45, 7) is 0.327. The van der Waals surface area contributed by atoms with Gasteiger partial charge in [0.2, 0.25) is 5.91 Å². The van der Waals surface area contributed by atoms with Gasteiger partial charge in [-0.15, -0.1) is 0 Å². The summed E-state index contributed by atoms with van der Waals surface area (Å²) in [5.41, 5.74) is 16.9. The van der Waals surface area contributed by atoms with E-state index >= 15 is 0 Å². The lowest BCUT2D eigenvalue weighted by atomic mass is 10.1. The molecule has 0 aliphatic heterocycles. The van der Waals surface area contributed by atoms with Crippen LogP contribution in [0.4, 0.5) is 0 Å². The number of nitrogens with two attached hydrogens (primary N) is 3. The first-order chi connectivity index (χ1) is 14.7. The van der Waals surface area contributed by atoms with Crippen molar-refractivity contribution in [2.24, 2.45) is 22.2 Å². The van der Waals surface area contributed by atoms with E-state index in [9.17, 15) is 14.4 Å². The first-order valence-corrected chi connectivity index (χ1v) is 9.19. The molecule has 170 valence electrons. The number of aliphatic imine (C=N–C) groups is 1. The van der Waals surface area contributed by atoms with Crippen molar-refractivity contribution in [1.29, 1.82) is 0 Å². The molecule has 31 heavy (non-hydrogen) atoms. The molecule has 2 aromatic rings. The number of carbonyl (C=O) groups excluding carboxylic acids is 1. The van der Waals surface area contributed by atoms with Gasteiger partial charge in [0, 0.05) is 49.6 Å². The molecule has 2 atom stereocenters. The van der Waals surface area contributed by atoms with Crippen LogP contribution >= 0.6 is 0 Å². The Morgan fingerprint density at radius 2 is 1.61 bits per heavy atom. The maximum atomic E-state index is 11.6. The number of H-pyrrole nitrogens is 2. The van der Waals surface area contributed by atoms with E-state index in [2.05, 4.69) is 30.2 Å². The molecule has 0 radical (unpaired) electrons. The summed E-state index contributed by atoms with van der Waals surface area (Å²) >= 11 is 0. The van der Waals surface area contributed by atoms with Crippen molar-refractivity contribution in [1.82, 2.24) is 25.3 Å². The number of carboxylic acids is 2. The van der Waals surface area contributed by atoms with Crippen LogP contribution in [0.1, 0.15) is 24.2 Å². The van der Waals surface area contributed by atoms with Crippen LogP contribution < -0.4 is 22.5 Å². The second-order valence-electron chi connectivity index (χ2n) is 6.38. The third kappa shape index (κ3) is 11.0. The first kappa shape index (κ1) is 25.1. The average molecular weight is 437 g/mol. The lowest BCUT2D eigenvalue weighted by Crippen LogP contribution is -2.42. The van der Waals surface area contributed by atoms with Crippen molar-refractivity contribution in [3.63, 3.8) is 0 Å². The van der Waals surface area contributed by atoms with Crippen molar-refractivity contribution in [2.45, 2.75) is 37.8 Å². The fourth-order valence-electron chi connectivity index (χ4n) is 2.25. The number of aromatic amines is 2. The fourth-order valence-corrected chi connectivity index (χ4v) is 2.25. The van der Waals surface area contributed by atoms with E-state index < -0.39 is 24.0 Å². The lowest BCUT2D eigenvalue weighted by molar-refractivity contribution is -0.141. The fraction of sp³-hybridized carbons (Fsp3) is 0.412. The summed E-state index contributed by atoms with van der Waals surface area (Å²) in [5, 5.41) is 19.9. The van der Waals surface area contributed by atoms with E-state index in [0.717, 1.165) is 5.69 Å². The predicted octanol–water partition coefficient (Wildman–Crippen LogP) is -2.06. The number of aliphatic carboxylic acids is 2. The monoisotopic (exact) mass is 437 g/mol. The number of carbonyl (C=O) groups is 3. The zero-order valence-corrected chi connectivity index (χ0v) is 16.7. The van der Waals surface area contributed by atoms with Crippen LogP contribution in [-0.2, 0) is 27.2 Å². The molecular weight excluding hydrogens is 410 g/mol. The third-order valence-corrected chi connectivity index (χ3v) is 3.78. The Bertz CT molecular complexity index is 832. The molecule has 1 amide bonds. The molecule has 0 bridgehead atoms. The maximum absolute atomic E-state index is 11.6. The standard InChI is InChI=1S/C11H18N6O3.C6H9N3O2/c12-11(13)15-3-1-2-9(18)17-8(10(19)20)4-7-5-14-6-16-7;7-5(6(10)11)1-4-2-8-3-9-4/h5-6,8H,1-4H2,(H,14,16)(H,17,18)(H,19,20)(H4,12,13,15);2-3,5H,1,7H2,(H,8,9)(H,10,11)/t8-;/m0./s1. The van der Waals surface area contributed by atoms with Crippen LogP contribution in [0.15, 0.2) is 30.0 Å². The highest BCUT2D eigenvalue weighted by molar-refractivity contribution is 5.83. The van der Waals surface area contributed by atoms with Gasteiger partial charge in [-0.2, -0.15) is 0 Å². The zero-order valence-electron chi connectivity index (χ0n) is 16.7. The van der Waals surface area contributed by atoms with Gasteiger partial charge < -0.3 is 42.7 Å². The number of aromatic nitrogens is 4. The highest BCUT2D eigenvalue weighted by atomic mass is 16.4.